The molecule has 2 aromatic heterocycles. The molecule has 0 unspecified atom stereocenters. The molecule has 0 atom stereocenters. The van der Waals surface area contributed by atoms with Gasteiger partial charge in [-0.25, -0.2) is 4.98 Å². The summed E-state index contributed by atoms with van der Waals surface area (Å²) in [6, 6.07) is 1.71. The molecule has 0 spiro atoms. The topological polar surface area (TPSA) is 75.4 Å². The maximum absolute atomic E-state index is 12.2. The Morgan fingerprint density at radius 2 is 2.25 bits per heavy atom. The number of aromatic nitrogens is 2. The lowest BCUT2D eigenvalue weighted by Crippen LogP contribution is -2.49. The van der Waals surface area contributed by atoms with E-state index in [1.54, 1.807) is 32.3 Å². The number of fused-ring (bicyclic) bond motifs is 1. The van der Waals surface area contributed by atoms with Gasteiger partial charge in [0.25, 0.3) is 5.56 Å². The normalized spacial score (nSPS) is 11.8. The van der Waals surface area contributed by atoms with Gasteiger partial charge in [0.1, 0.15) is 11.4 Å². The Morgan fingerprint density at radius 1 is 1.55 bits per heavy atom. The monoisotopic (exact) mass is 295 g/mol. The van der Waals surface area contributed by atoms with Crippen molar-refractivity contribution in [1.29, 1.82) is 0 Å². The average molecular weight is 295 g/mol. The molecule has 0 aliphatic heterocycles. The predicted octanol–water partition coefficient (Wildman–Crippen LogP) is 0.687. The molecule has 2 rings (SSSR count). The molecule has 0 saturated heterocycles. The molecule has 0 aromatic carbocycles. The van der Waals surface area contributed by atoms with E-state index in [9.17, 15) is 14.7 Å². The highest BCUT2D eigenvalue weighted by Crippen LogP contribution is 2.14. The van der Waals surface area contributed by atoms with Gasteiger partial charge >= 0.3 is 0 Å². The fourth-order valence-corrected chi connectivity index (χ4v) is 2.42. The number of carbonyl (C=O) groups excluding carboxylic acids is 1. The molecule has 2 aromatic rings. The summed E-state index contributed by atoms with van der Waals surface area (Å²) in [4.78, 5) is 30.6. The van der Waals surface area contributed by atoms with Crippen molar-refractivity contribution < 1.29 is 9.90 Å². The highest BCUT2D eigenvalue weighted by molar-refractivity contribution is 7.16. The molecule has 0 aliphatic carbocycles. The van der Waals surface area contributed by atoms with Crippen LogP contribution >= 0.6 is 11.3 Å². The zero-order valence-electron chi connectivity index (χ0n) is 11.7. The van der Waals surface area contributed by atoms with E-state index in [2.05, 4.69) is 4.98 Å². The van der Waals surface area contributed by atoms with Gasteiger partial charge in [-0.05, 0) is 25.3 Å². The van der Waals surface area contributed by atoms with Crippen molar-refractivity contribution in [3.05, 3.63) is 28.1 Å². The molecular weight excluding hydrogens is 278 g/mol. The second kappa shape index (κ2) is 5.34. The van der Waals surface area contributed by atoms with Crippen molar-refractivity contribution in [3.8, 4) is 0 Å². The number of likely N-dealkylation sites (N-methyl/N-ethyl adjacent to an activating group) is 1. The standard InChI is InChI=1S/C13H17N3O3S/c1-13(2,7-17)15(3)10(18)6-16-8-14-11-9(12(16)19)4-5-20-11/h4-5,8,17H,6-7H2,1-3H3. The summed E-state index contributed by atoms with van der Waals surface area (Å²) in [5, 5.41) is 11.6. The Hall–Kier alpha value is -1.73. The Bertz CT molecular complexity index is 689. The lowest BCUT2D eigenvalue weighted by molar-refractivity contribution is -0.136. The molecule has 20 heavy (non-hydrogen) atoms. The third-order valence-corrected chi connectivity index (χ3v) is 4.25. The number of thiophene rings is 1. The van der Waals surface area contributed by atoms with Crippen LogP contribution in [0.4, 0.5) is 0 Å². The molecule has 0 bridgehead atoms. The first-order valence-electron chi connectivity index (χ1n) is 6.17. The Balaban J connectivity index is 2.26. The van der Waals surface area contributed by atoms with Crippen LogP contribution in [0.15, 0.2) is 22.6 Å². The molecule has 0 saturated carbocycles. The van der Waals surface area contributed by atoms with E-state index in [-0.39, 0.29) is 24.6 Å². The number of aliphatic hydroxyl groups is 1. The van der Waals surface area contributed by atoms with E-state index in [1.807, 2.05) is 0 Å². The summed E-state index contributed by atoms with van der Waals surface area (Å²) in [6.45, 7) is 3.28. The SMILES string of the molecule is CN(C(=O)Cn1cnc2sccc2c1=O)C(C)(C)CO. The summed E-state index contributed by atoms with van der Waals surface area (Å²) < 4.78 is 1.29. The van der Waals surface area contributed by atoms with Gasteiger partial charge in [-0.1, -0.05) is 0 Å². The molecule has 6 nitrogen and oxygen atoms in total. The summed E-state index contributed by atoms with van der Waals surface area (Å²) in [5.74, 6) is -0.248. The largest absolute Gasteiger partial charge is 0.394 e. The minimum absolute atomic E-state index is 0.0858. The first-order valence-corrected chi connectivity index (χ1v) is 7.05. The summed E-state index contributed by atoms with van der Waals surface area (Å²) in [6.07, 6.45) is 1.39. The fraction of sp³-hybridized carbons (Fsp3) is 0.462. The number of nitrogens with zero attached hydrogens (tertiary/aromatic N) is 3. The Labute approximate surface area is 120 Å². The molecule has 2 heterocycles. The van der Waals surface area contributed by atoms with E-state index < -0.39 is 5.54 Å². The van der Waals surface area contributed by atoms with Crippen LogP contribution in [0.3, 0.4) is 0 Å². The number of amides is 1. The van der Waals surface area contributed by atoms with E-state index in [0.29, 0.717) is 10.2 Å². The number of hydrogen-bond donors (Lipinski definition) is 1. The van der Waals surface area contributed by atoms with Gasteiger partial charge in [-0.3, -0.25) is 14.2 Å². The van der Waals surface area contributed by atoms with Crippen molar-refractivity contribution in [1.82, 2.24) is 14.5 Å². The first-order chi connectivity index (χ1) is 9.36. The molecule has 7 heteroatoms. The molecule has 1 amide bonds. The van der Waals surface area contributed by atoms with Crippen LogP contribution in [0.5, 0.6) is 0 Å². The van der Waals surface area contributed by atoms with Crippen LogP contribution in [0.1, 0.15) is 13.8 Å². The van der Waals surface area contributed by atoms with Crippen LogP contribution in [0, 0.1) is 0 Å². The van der Waals surface area contributed by atoms with Gasteiger partial charge in [0, 0.05) is 7.05 Å². The van der Waals surface area contributed by atoms with E-state index in [4.69, 9.17) is 0 Å². The van der Waals surface area contributed by atoms with Crippen LogP contribution in [0.25, 0.3) is 10.2 Å². The van der Waals surface area contributed by atoms with Gasteiger partial charge in [0.15, 0.2) is 0 Å². The maximum Gasteiger partial charge on any atom is 0.262 e. The van der Waals surface area contributed by atoms with Crippen LogP contribution in [-0.2, 0) is 11.3 Å². The highest BCUT2D eigenvalue weighted by atomic mass is 32.1. The quantitative estimate of drug-likeness (QED) is 0.900. The second-order valence-corrected chi connectivity index (χ2v) is 6.13. The lowest BCUT2D eigenvalue weighted by Gasteiger charge is -2.34. The Morgan fingerprint density at radius 3 is 2.90 bits per heavy atom. The van der Waals surface area contributed by atoms with E-state index in [0.717, 1.165) is 0 Å². The van der Waals surface area contributed by atoms with Crippen LogP contribution in [0.2, 0.25) is 0 Å². The summed E-state index contributed by atoms with van der Waals surface area (Å²) in [7, 11) is 1.61. The second-order valence-electron chi connectivity index (χ2n) is 5.24. The lowest BCUT2D eigenvalue weighted by atomic mass is 10.1. The smallest absolute Gasteiger partial charge is 0.262 e. The van der Waals surface area contributed by atoms with Gasteiger partial charge in [-0.2, -0.15) is 0 Å². The summed E-state index contributed by atoms with van der Waals surface area (Å²) >= 11 is 1.39. The molecule has 108 valence electrons. The van der Waals surface area contributed by atoms with E-state index in [1.165, 1.54) is 27.1 Å². The van der Waals surface area contributed by atoms with E-state index >= 15 is 0 Å². The zero-order valence-corrected chi connectivity index (χ0v) is 12.5. The molecule has 0 fully saturated rings. The van der Waals surface area contributed by atoms with Crippen molar-refractivity contribution in [2.24, 2.45) is 0 Å². The zero-order chi connectivity index (χ0) is 14.9. The van der Waals surface area contributed by atoms with Crippen LogP contribution < -0.4 is 5.56 Å². The third-order valence-electron chi connectivity index (χ3n) is 3.43. The number of hydrogen-bond acceptors (Lipinski definition) is 5. The highest BCUT2D eigenvalue weighted by Gasteiger charge is 2.27. The van der Waals surface area contributed by atoms with Gasteiger partial charge in [0.2, 0.25) is 5.91 Å². The van der Waals surface area contributed by atoms with Crippen molar-refractivity contribution in [2.75, 3.05) is 13.7 Å². The minimum atomic E-state index is -0.666. The Kier molecular flexibility index (Phi) is 3.92. The molecule has 0 aliphatic rings. The minimum Gasteiger partial charge on any atom is -0.394 e. The molecule has 1 N–H and O–H groups in total. The third kappa shape index (κ3) is 2.59. The number of rotatable bonds is 4. The molecular formula is C13H17N3O3S. The number of carbonyl (C=O) groups is 1. The average Bonchev–Trinajstić information content (AvgIpc) is 2.90. The van der Waals surface area contributed by atoms with Crippen molar-refractivity contribution >= 4 is 27.5 Å². The molecule has 0 radical (unpaired) electrons. The predicted molar refractivity (Wildman–Crippen MR) is 77.8 cm³/mol. The maximum atomic E-state index is 12.2. The van der Waals surface area contributed by atoms with Crippen molar-refractivity contribution in [3.63, 3.8) is 0 Å². The summed E-state index contributed by atoms with van der Waals surface area (Å²) in [5.41, 5.74) is -0.888. The number of aliphatic hydroxyl groups excluding tert-OH is 1. The van der Waals surface area contributed by atoms with Crippen molar-refractivity contribution in [2.45, 2.75) is 25.9 Å². The first kappa shape index (κ1) is 14.7. The van der Waals surface area contributed by atoms with Gasteiger partial charge in [0.05, 0.1) is 23.9 Å². The van der Waals surface area contributed by atoms with Gasteiger partial charge in [-0.15, -0.1) is 11.3 Å². The fourth-order valence-electron chi connectivity index (χ4n) is 1.70. The van der Waals surface area contributed by atoms with Gasteiger partial charge < -0.3 is 10.0 Å². The van der Waals surface area contributed by atoms with Crippen LogP contribution in [-0.4, -0.2) is 44.7 Å².